The van der Waals surface area contributed by atoms with E-state index in [0.29, 0.717) is 13.2 Å². The summed E-state index contributed by atoms with van der Waals surface area (Å²) in [5, 5.41) is 9.54. The third-order valence-electron chi connectivity index (χ3n) is 2.26. The molecular weight excluding hydrogens is 204 g/mol. The number of aliphatic hydroxyl groups excluding tert-OH is 1. The van der Waals surface area contributed by atoms with Crippen LogP contribution in [0.4, 0.5) is 0 Å². The summed E-state index contributed by atoms with van der Waals surface area (Å²) in [5.74, 6) is 0.758. The lowest BCUT2D eigenvalue weighted by Gasteiger charge is -2.13. The largest absolute Gasteiger partial charge is 0.493 e. The van der Waals surface area contributed by atoms with Gasteiger partial charge in [-0.3, -0.25) is 0 Å². The zero-order valence-corrected chi connectivity index (χ0v) is 9.98. The summed E-state index contributed by atoms with van der Waals surface area (Å²) in [6.07, 6.45) is 0.366. The number of para-hydroxylation sites is 1. The van der Waals surface area contributed by atoms with Crippen molar-refractivity contribution in [3.05, 3.63) is 29.8 Å². The van der Waals surface area contributed by atoms with Crippen molar-refractivity contribution < 1.29 is 14.6 Å². The lowest BCUT2D eigenvalue weighted by molar-refractivity contribution is 0.129. The Morgan fingerprint density at radius 3 is 2.69 bits per heavy atom. The molecule has 0 fully saturated rings. The second kappa shape index (κ2) is 7.25. The van der Waals surface area contributed by atoms with E-state index >= 15 is 0 Å². The van der Waals surface area contributed by atoms with E-state index in [1.54, 1.807) is 6.92 Å². The molecule has 1 aromatic carbocycles. The van der Waals surface area contributed by atoms with Crippen molar-refractivity contribution in [1.82, 2.24) is 0 Å². The van der Waals surface area contributed by atoms with Crippen LogP contribution in [0.5, 0.6) is 5.75 Å². The first-order valence-corrected chi connectivity index (χ1v) is 5.73. The van der Waals surface area contributed by atoms with Gasteiger partial charge in [-0.25, -0.2) is 0 Å². The number of rotatable bonds is 7. The molecule has 0 spiro atoms. The predicted octanol–water partition coefficient (Wildman–Crippen LogP) is 2.55. The smallest absolute Gasteiger partial charge is 0.125 e. The maximum Gasteiger partial charge on any atom is 0.125 e. The Labute approximate surface area is 97.0 Å². The predicted molar refractivity (Wildman–Crippen MR) is 63.7 cm³/mol. The number of hydrogen-bond acceptors (Lipinski definition) is 3. The third-order valence-corrected chi connectivity index (χ3v) is 2.26. The van der Waals surface area contributed by atoms with Gasteiger partial charge in [-0.1, -0.05) is 18.2 Å². The second-order valence-electron chi connectivity index (χ2n) is 3.61. The van der Waals surface area contributed by atoms with Crippen molar-refractivity contribution in [3.63, 3.8) is 0 Å². The van der Waals surface area contributed by atoms with E-state index < -0.39 is 6.10 Å². The Kier molecular flexibility index (Phi) is 5.90. The monoisotopic (exact) mass is 224 g/mol. The maximum atomic E-state index is 9.54. The maximum absolute atomic E-state index is 9.54. The highest BCUT2D eigenvalue weighted by atomic mass is 16.5. The van der Waals surface area contributed by atoms with Gasteiger partial charge in [0.15, 0.2) is 0 Å². The van der Waals surface area contributed by atoms with Gasteiger partial charge in [0.25, 0.3) is 0 Å². The van der Waals surface area contributed by atoms with Gasteiger partial charge >= 0.3 is 0 Å². The summed E-state index contributed by atoms with van der Waals surface area (Å²) < 4.78 is 10.8. The van der Waals surface area contributed by atoms with Crippen molar-refractivity contribution in [2.24, 2.45) is 0 Å². The molecule has 1 aromatic rings. The summed E-state index contributed by atoms with van der Waals surface area (Å²) >= 11 is 0. The molecule has 0 bridgehead atoms. The minimum Gasteiger partial charge on any atom is -0.493 e. The topological polar surface area (TPSA) is 38.7 Å². The number of ether oxygens (including phenoxy) is 2. The molecule has 0 amide bonds. The van der Waals surface area contributed by atoms with Crippen LogP contribution in [0.15, 0.2) is 24.3 Å². The van der Waals surface area contributed by atoms with Gasteiger partial charge in [0.2, 0.25) is 0 Å². The van der Waals surface area contributed by atoms with Gasteiger partial charge in [-0.05, 0) is 19.9 Å². The molecule has 16 heavy (non-hydrogen) atoms. The van der Waals surface area contributed by atoms with E-state index in [2.05, 4.69) is 0 Å². The Balaban J connectivity index is 2.41. The van der Waals surface area contributed by atoms with Gasteiger partial charge in [-0.15, -0.1) is 0 Å². The van der Waals surface area contributed by atoms with Crippen LogP contribution < -0.4 is 4.74 Å². The Morgan fingerprint density at radius 1 is 1.25 bits per heavy atom. The normalized spacial score (nSPS) is 12.4. The van der Waals surface area contributed by atoms with Gasteiger partial charge in [-0.2, -0.15) is 0 Å². The van der Waals surface area contributed by atoms with Crippen LogP contribution in [-0.2, 0) is 4.74 Å². The number of benzene rings is 1. The summed E-state index contributed by atoms with van der Waals surface area (Å²) in [6.45, 7) is 5.79. The van der Waals surface area contributed by atoms with Crippen LogP contribution in [0.25, 0.3) is 0 Å². The molecule has 0 heterocycles. The first-order chi connectivity index (χ1) is 7.75. The zero-order chi connectivity index (χ0) is 11.8. The van der Waals surface area contributed by atoms with E-state index in [0.717, 1.165) is 24.3 Å². The molecule has 0 aliphatic rings. The SMILES string of the molecule is CCOCCCOc1ccccc1[C@@H](C)O. The van der Waals surface area contributed by atoms with Crippen molar-refractivity contribution in [2.75, 3.05) is 19.8 Å². The van der Waals surface area contributed by atoms with Crippen molar-refractivity contribution in [3.8, 4) is 5.75 Å². The first kappa shape index (κ1) is 13.0. The average Bonchev–Trinajstić information content (AvgIpc) is 2.29. The molecular formula is C13H20O3. The number of aliphatic hydroxyl groups is 1. The van der Waals surface area contributed by atoms with Crippen LogP contribution in [0.1, 0.15) is 31.9 Å². The lowest BCUT2D eigenvalue weighted by atomic mass is 10.1. The first-order valence-electron chi connectivity index (χ1n) is 5.73. The molecule has 90 valence electrons. The van der Waals surface area contributed by atoms with E-state index in [1.165, 1.54) is 0 Å². The number of hydrogen-bond donors (Lipinski definition) is 1. The van der Waals surface area contributed by atoms with Crippen LogP contribution >= 0.6 is 0 Å². The molecule has 0 unspecified atom stereocenters. The highest BCUT2D eigenvalue weighted by molar-refractivity contribution is 5.34. The van der Waals surface area contributed by atoms with E-state index in [1.807, 2.05) is 31.2 Å². The fourth-order valence-corrected chi connectivity index (χ4v) is 1.44. The van der Waals surface area contributed by atoms with Crippen LogP contribution in [0, 0.1) is 0 Å². The second-order valence-corrected chi connectivity index (χ2v) is 3.61. The highest BCUT2D eigenvalue weighted by Gasteiger charge is 2.07. The van der Waals surface area contributed by atoms with Gasteiger partial charge < -0.3 is 14.6 Å². The van der Waals surface area contributed by atoms with Crippen molar-refractivity contribution in [2.45, 2.75) is 26.4 Å². The molecule has 0 aliphatic heterocycles. The molecule has 0 saturated carbocycles. The molecule has 0 radical (unpaired) electrons. The minimum absolute atomic E-state index is 0.497. The molecule has 3 heteroatoms. The molecule has 0 aromatic heterocycles. The van der Waals surface area contributed by atoms with Gasteiger partial charge in [0.1, 0.15) is 5.75 Å². The van der Waals surface area contributed by atoms with Crippen LogP contribution in [0.3, 0.4) is 0 Å². The highest BCUT2D eigenvalue weighted by Crippen LogP contribution is 2.24. The van der Waals surface area contributed by atoms with Gasteiger partial charge in [0, 0.05) is 25.2 Å². The Bertz CT molecular complexity index is 297. The quantitative estimate of drug-likeness (QED) is 0.723. The van der Waals surface area contributed by atoms with Crippen molar-refractivity contribution in [1.29, 1.82) is 0 Å². The minimum atomic E-state index is -0.497. The van der Waals surface area contributed by atoms with Gasteiger partial charge in [0.05, 0.1) is 12.7 Å². The molecule has 1 rings (SSSR count). The third kappa shape index (κ3) is 4.21. The zero-order valence-electron chi connectivity index (χ0n) is 9.98. The lowest BCUT2D eigenvalue weighted by Crippen LogP contribution is -2.05. The molecule has 3 nitrogen and oxygen atoms in total. The fraction of sp³-hybridized carbons (Fsp3) is 0.538. The average molecular weight is 224 g/mol. The van der Waals surface area contributed by atoms with Crippen LogP contribution in [0.2, 0.25) is 0 Å². The molecule has 1 N–H and O–H groups in total. The molecule has 1 atom stereocenters. The van der Waals surface area contributed by atoms with E-state index in [9.17, 15) is 5.11 Å². The molecule has 0 saturated heterocycles. The summed E-state index contributed by atoms with van der Waals surface area (Å²) in [6, 6.07) is 7.56. The Morgan fingerprint density at radius 2 is 2.00 bits per heavy atom. The van der Waals surface area contributed by atoms with Crippen molar-refractivity contribution >= 4 is 0 Å². The summed E-state index contributed by atoms with van der Waals surface area (Å²) in [4.78, 5) is 0. The van der Waals surface area contributed by atoms with Crippen LogP contribution in [-0.4, -0.2) is 24.9 Å². The van der Waals surface area contributed by atoms with E-state index in [4.69, 9.17) is 9.47 Å². The Hall–Kier alpha value is -1.06. The standard InChI is InChI=1S/C13H20O3/c1-3-15-9-6-10-16-13-8-5-4-7-12(13)11(2)14/h4-5,7-8,11,14H,3,6,9-10H2,1-2H3/t11-/m1/s1. The fourth-order valence-electron chi connectivity index (χ4n) is 1.44. The summed E-state index contributed by atoms with van der Waals surface area (Å²) in [5.41, 5.74) is 0.832. The van der Waals surface area contributed by atoms with E-state index in [-0.39, 0.29) is 0 Å². The molecule has 0 aliphatic carbocycles. The summed E-state index contributed by atoms with van der Waals surface area (Å²) in [7, 11) is 0.